The molecule has 2 atom stereocenters. The Balaban J connectivity index is 2.55. The van der Waals surface area contributed by atoms with E-state index in [1.807, 2.05) is 58.0 Å². The Kier molecular flexibility index (Phi) is 4.73. The van der Waals surface area contributed by atoms with Gasteiger partial charge in [0.25, 0.3) is 0 Å². The molecule has 0 spiro atoms. The zero-order valence-corrected chi connectivity index (χ0v) is 11.4. The van der Waals surface area contributed by atoms with Gasteiger partial charge in [-0.3, -0.25) is 0 Å². The minimum atomic E-state index is -0.499. The summed E-state index contributed by atoms with van der Waals surface area (Å²) >= 11 is 0. The van der Waals surface area contributed by atoms with E-state index in [4.69, 9.17) is 10.5 Å². The second-order valence-electron chi connectivity index (χ2n) is 5.37. The van der Waals surface area contributed by atoms with Crippen LogP contribution >= 0.6 is 0 Å². The van der Waals surface area contributed by atoms with Crippen LogP contribution in [0.3, 0.4) is 0 Å². The van der Waals surface area contributed by atoms with E-state index < -0.39 is 11.7 Å². The van der Waals surface area contributed by atoms with E-state index in [1.54, 1.807) is 0 Å². The van der Waals surface area contributed by atoms with Gasteiger partial charge >= 0.3 is 6.09 Å². The molecule has 0 aliphatic carbocycles. The zero-order chi connectivity index (χ0) is 13.8. The molecule has 0 aliphatic rings. The predicted octanol–water partition coefficient (Wildman–Crippen LogP) is 2.60. The van der Waals surface area contributed by atoms with Gasteiger partial charge in [-0.1, -0.05) is 30.3 Å². The molecule has 0 aliphatic heterocycles. The fourth-order valence-corrected chi connectivity index (χ4v) is 1.55. The number of carbonyl (C=O) groups is 1. The molecule has 3 N–H and O–H groups in total. The molecule has 0 bridgehead atoms. The molecule has 2 unspecified atom stereocenters. The standard InChI is InChI=1S/C14H22N2O2/c1-10(16-13(17)18-14(2,3)4)12(15)11-8-6-5-7-9-11/h5-10,12H,15H2,1-4H3,(H,16,17). The van der Waals surface area contributed by atoms with Crippen LogP contribution in [0, 0.1) is 0 Å². The van der Waals surface area contributed by atoms with Crippen LogP contribution in [0.1, 0.15) is 39.3 Å². The zero-order valence-electron chi connectivity index (χ0n) is 11.4. The van der Waals surface area contributed by atoms with Crippen molar-refractivity contribution in [2.75, 3.05) is 0 Å². The summed E-state index contributed by atoms with van der Waals surface area (Å²) in [6.07, 6.45) is -0.443. The van der Waals surface area contributed by atoms with Gasteiger partial charge in [-0.25, -0.2) is 4.79 Å². The predicted molar refractivity (Wildman–Crippen MR) is 72.2 cm³/mol. The molecule has 0 saturated carbocycles. The molecule has 4 heteroatoms. The molecular weight excluding hydrogens is 228 g/mol. The van der Waals surface area contributed by atoms with Crippen molar-refractivity contribution in [1.29, 1.82) is 0 Å². The van der Waals surface area contributed by atoms with E-state index >= 15 is 0 Å². The fourth-order valence-electron chi connectivity index (χ4n) is 1.55. The van der Waals surface area contributed by atoms with E-state index in [-0.39, 0.29) is 12.1 Å². The first-order valence-electron chi connectivity index (χ1n) is 6.09. The molecule has 1 amide bonds. The molecule has 0 radical (unpaired) electrons. The molecule has 0 saturated heterocycles. The van der Waals surface area contributed by atoms with Gasteiger partial charge in [0, 0.05) is 12.1 Å². The third-order valence-electron chi connectivity index (χ3n) is 2.47. The van der Waals surface area contributed by atoms with Gasteiger partial charge in [0.2, 0.25) is 0 Å². The molecule has 18 heavy (non-hydrogen) atoms. The van der Waals surface area contributed by atoms with Crippen molar-refractivity contribution in [2.45, 2.75) is 45.4 Å². The van der Waals surface area contributed by atoms with Crippen LogP contribution in [0.2, 0.25) is 0 Å². The Morgan fingerprint density at radius 1 is 1.28 bits per heavy atom. The van der Waals surface area contributed by atoms with Gasteiger partial charge in [0.15, 0.2) is 0 Å². The number of rotatable bonds is 3. The minimum absolute atomic E-state index is 0.192. The van der Waals surface area contributed by atoms with Crippen molar-refractivity contribution in [3.05, 3.63) is 35.9 Å². The van der Waals surface area contributed by atoms with Crippen molar-refractivity contribution in [3.8, 4) is 0 Å². The summed E-state index contributed by atoms with van der Waals surface area (Å²) in [7, 11) is 0. The van der Waals surface area contributed by atoms with Gasteiger partial charge in [0.1, 0.15) is 5.60 Å². The SMILES string of the molecule is CC(NC(=O)OC(C)(C)C)C(N)c1ccccc1. The number of hydrogen-bond donors (Lipinski definition) is 2. The van der Waals surface area contributed by atoms with E-state index in [0.717, 1.165) is 5.56 Å². The topological polar surface area (TPSA) is 64.3 Å². The van der Waals surface area contributed by atoms with E-state index in [2.05, 4.69) is 5.32 Å². The summed E-state index contributed by atoms with van der Waals surface area (Å²) in [4.78, 5) is 11.6. The van der Waals surface area contributed by atoms with E-state index in [0.29, 0.717) is 0 Å². The van der Waals surface area contributed by atoms with Gasteiger partial charge in [-0.05, 0) is 33.3 Å². The maximum absolute atomic E-state index is 11.6. The molecule has 100 valence electrons. The van der Waals surface area contributed by atoms with Gasteiger partial charge < -0.3 is 15.8 Å². The van der Waals surface area contributed by atoms with Crippen LogP contribution in [0.4, 0.5) is 4.79 Å². The normalized spacial score (nSPS) is 14.7. The third kappa shape index (κ3) is 4.75. The Bertz CT molecular complexity index is 385. The van der Waals surface area contributed by atoms with Crippen LogP contribution < -0.4 is 11.1 Å². The number of carbonyl (C=O) groups excluding carboxylic acids is 1. The maximum Gasteiger partial charge on any atom is 0.407 e. The number of nitrogens with two attached hydrogens (primary N) is 1. The smallest absolute Gasteiger partial charge is 0.407 e. The highest BCUT2D eigenvalue weighted by molar-refractivity contribution is 5.68. The summed E-state index contributed by atoms with van der Waals surface area (Å²) in [5, 5.41) is 2.75. The summed E-state index contributed by atoms with van der Waals surface area (Å²) in [6, 6.07) is 9.23. The molecule has 0 aromatic heterocycles. The quantitative estimate of drug-likeness (QED) is 0.866. The number of alkyl carbamates (subject to hydrolysis) is 1. The third-order valence-corrected chi connectivity index (χ3v) is 2.47. The molecule has 1 aromatic carbocycles. The van der Waals surface area contributed by atoms with E-state index in [1.165, 1.54) is 0 Å². The van der Waals surface area contributed by atoms with Crippen LogP contribution in [-0.4, -0.2) is 17.7 Å². The van der Waals surface area contributed by atoms with Crippen molar-refractivity contribution in [2.24, 2.45) is 5.73 Å². The molecule has 1 rings (SSSR count). The summed E-state index contributed by atoms with van der Waals surface area (Å²) in [5.74, 6) is 0. The lowest BCUT2D eigenvalue weighted by Gasteiger charge is -2.25. The summed E-state index contributed by atoms with van der Waals surface area (Å²) in [6.45, 7) is 7.35. The Labute approximate surface area is 109 Å². The lowest BCUT2D eigenvalue weighted by atomic mass is 10.0. The van der Waals surface area contributed by atoms with Crippen molar-refractivity contribution in [1.82, 2.24) is 5.32 Å². The highest BCUT2D eigenvalue weighted by atomic mass is 16.6. The first-order chi connectivity index (χ1) is 8.29. The average Bonchev–Trinajstić information content (AvgIpc) is 2.26. The number of ether oxygens (including phenoxy) is 1. The Hall–Kier alpha value is -1.55. The lowest BCUT2D eigenvalue weighted by Crippen LogP contribution is -2.42. The van der Waals surface area contributed by atoms with Crippen molar-refractivity contribution < 1.29 is 9.53 Å². The number of hydrogen-bond acceptors (Lipinski definition) is 3. The molecular formula is C14H22N2O2. The van der Waals surface area contributed by atoms with Gasteiger partial charge in [0.05, 0.1) is 0 Å². The summed E-state index contributed by atoms with van der Waals surface area (Å²) in [5.41, 5.74) is 6.57. The van der Waals surface area contributed by atoms with Gasteiger partial charge in [-0.2, -0.15) is 0 Å². The molecule has 0 fully saturated rings. The molecule has 4 nitrogen and oxygen atoms in total. The lowest BCUT2D eigenvalue weighted by molar-refractivity contribution is 0.0501. The van der Waals surface area contributed by atoms with Crippen molar-refractivity contribution in [3.63, 3.8) is 0 Å². The van der Waals surface area contributed by atoms with Crippen molar-refractivity contribution >= 4 is 6.09 Å². The second-order valence-corrected chi connectivity index (χ2v) is 5.37. The molecule has 0 heterocycles. The Morgan fingerprint density at radius 2 is 1.83 bits per heavy atom. The van der Waals surface area contributed by atoms with Gasteiger partial charge in [-0.15, -0.1) is 0 Å². The van der Waals surface area contributed by atoms with Crippen LogP contribution in [-0.2, 0) is 4.74 Å². The highest BCUT2D eigenvalue weighted by Gasteiger charge is 2.21. The monoisotopic (exact) mass is 250 g/mol. The first kappa shape index (κ1) is 14.5. The average molecular weight is 250 g/mol. The van der Waals surface area contributed by atoms with Crippen LogP contribution in [0.25, 0.3) is 0 Å². The minimum Gasteiger partial charge on any atom is -0.444 e. The number of benzene rings is 1. The summed E-state index contributed by atoms with van der Waals surface area (Å²) < 4.78 is 5.19. The maximum atomic E-state index is 11.6. The largest absolute Gasteiger partial charge is 0.444 e. The van der Waals surface area contributed by atoms with E-state index in [9.17, 15) is 4.79 Å². The van der Waals surface area contributed by atoms with Crippen LogP contribution in [0.15, 0.2) is 30.3 Å². The highest BCUT2D eigenvalue weighted by Crippen LogP contribution is 2.14. The second kappa shape index (κ2) is 5.87. The number of amides is 1. The fraction of sp³-hybridized carbons (Fsp3) is 0.500. The van der Waals surface area contributed by atoms with Crippen LogP contribution in [0.5, 0.6) is 0 Å². The molecule has 1 aromatic rings. The Morgan fingerprint density at radius 3 is 2.33 bits per heavy atom. The first-order valence-corrected chi connectivity index (χ1v) is 6.09. The number of nitrogens with one attached hydrogen (secondary N) is 1.